The second kappa shape index (κ2) is 6.26. The van der Waals surface area contributed by atoms with Crippen molar-refractivity contribution in [1.29, 1.82) is 0 Å². The van der Waals surface area contributed by atoms with Crippen molar-refractivity contribution < 1.29 is 8.42 Å². The number of hydrogen-bond acceptors (Lipinski definition) is 3. The summed E-state index contributed by atoms with van der Waals surface area (Å²) in [6, 6.07) is 6.23. The maximum Gasteiger partial charge on any atom is 0.232 e. The molecule has 0 N–H and O–H groups in total. The Kier molecular flexibility index (Phi) is 4.81. The molecule has 1 saturated heterocycles. The molecule has 0 bridgehead atoms. The summed E-state index contributed by atoms with van der Waals surface area (Å²) in [5.41, 5.74) is 3.00. The Morgan fingerprint density at radius 2 is 1.76 bits per heavy atom. The summed E-state index contributed by atoms with van der Waals surface area (Å²) in [5, 5.41) is 0. The van der Waals surface area contributed by atoms with Crippen LogP contribution in [0.25, 0.3) is 0 Å². The molecule has 0 aromatic heterocycles. The molecule has 2 rings (SSSR count). The molecule has 1 heterocycles. The molecule has 0 aliphatic carbocycles. The molecule has 118 valence electrons. The standard InChI is InChI=1S/C16H26N2O2S/c1-13(2)15-9-8-14(18-10-6-5-7-11-18)12-16(15)17(3)21(4,19)20/h8-9,12-13H,5-7,10-11H2,1-4H3. The second-order valence-electron chi connectivity index (χ2n) is 6.18. The van der Waals surface area contributed by atoms with Crippen molar-refractivity contribution in [1.82, 2.24) is 0 Å². The molecule has 1 fully saturated rings. The van der Waals surface area contributed by atoms with Crippen molar-refractivity contribution in [2.75, 3.05) is 35.6 Å². The monoisotopic (exact) mass is 310 g/mol. The van der Waals surface area contributed by atoms with Crippen molar-refractivity contribution in [3.8, 4) is 0 Å². The first-order valence-electron chi connectivity index (χ1n) is 7.63. The highest BCUT2D eigenvalue weighted by atomic mass is 32.2. The van der Waals surface area contributed by atoms with E-state index in [1.807, 2.05) is 6.07 Å². The first-order valence-corrected chi connectivity index (χ1v) is 9.48. The maximum absolute atomic E-state index is 11.9. The Morgan fingerprint density at radius 3 is 2.29 bits per heavy atom. The zero-order valence-corrected chi connectivity index (χ0v) is 14.3. The molecule has 0 spiro atoms. The third kappa shape index (κ3) is 3.70. The Labute approximate surface area is 128 Å². The van der Waals surface area contributed by atoms with Gasteiger partial charge in [0.2, 0.25) is 10.0 Å². The summed E-state index contributed by atoms with van der Waals surface area (Å²) in [6.07, 6.45) is 4.97. The van der Waals surface area contributed by atoms with E-state index in [4.69, 9.17) is 0 Å². The van der Waals surface area contributed by atoms with Crippen LogP contribution in [0, 0.1) is 0 Å². The van der Waals surface area contributed by atoms with E-state index in [1.165, 1.54) is 29.8 Å². The third-order valence-electron chi connectivity index (χ3n) is 4.19. The van der Waals surface area contributed by atoms with Gasteiger partial charge in [-0.05, 0) is 42.9 Å². The number of sulfonamides is 1. The molecule has 0 unspecified atom stereocenters. The van der Waals surface area contributed by atoms with E-state index in [-0.39, 0.29) is 0 Å². The summed E-state index contributed by atoms with van der Waals surface area (Å²) in [5.74, 6) is 0.291. The van der Waals surface area contributed by atoms with Crippen LogP contribution in [0.5, 0.6) is 0 Å². The van der Waals surface area contributed by atoms with Crippen molar-refractivity contribution in [3.63, 3.8) is 0 Å². The number of anilines is 2. The predicted molar refractivity (Wildman–Crippen MR) is 89.8 cm³/mol. The van der Waals surface area contributed by atoms with Gasteiger partial charge >= 0.3 is 0 Å². The molecule has 0 radical (unpaired) electrons. The first kappa shape index (κ1) is 16.1. The second-order valence-corrected chi connectivity index (χ2v) is 8.19. The van der Waals surface area contributed by atoms with E-state index in [9.17, 15) is 8.42 Å². The Morgan fingerprint density at radius 1 is 1.14 bits per heavy atom. The third-order valence-corrected chi connectivity index (χ3v) is 5.39. The summed E-state index contributed by atoms with van der Waals surface area (Å²) < 4.78 is 25.2. The fourth-order valence-corrected chi connectivity index (χ4v) is 3.34. The molecule has 4 nitrogen and oxygen atoms in total. The molecular weight excluding hydrogens is 284 g/mol. The lowest BCUT2D eigenvalue weighted by Gasteiger charge is -2.31. The van der Waals surface area contributed by atoms with Crippen molar-refractivity contribution in [3.05, 3.63) is 23.8 Å². The number of nitrogens with zero attached hydrogens (tertiary/aromatic N) is 2. The maximum atomic E-state index is 11.9. The van der Waals surface area contributed by atoms with Crippen molar-refractivity contribution in [2.45, 2.75) is 39.0 Å². The van der Waals surface area contributed by atoms with Gasteiger partial charge in [0.15, 0.2) is 0 Å². The van der Waals surface area contributed by atoms with Crippen LogP contribution in [0.4, 0.5) is 11.4 Å². The van der Waals surface area contributed by atoms with E-state index in [1.54, 1.807) is 7.05 Å². The summed E-state index contributed by atoms with van der Waals surface area (Å²) in [6.45, 7) is 6.30. The number of hydrogen-bond donors (Lipinski definition) is 0. The summed E-state index contributed by atoms with van der Waals surface area (Å²) in [4.78, 5) is 2.35. The van der Waals surface area contributed by atoms with E-state index in [2.05, 4.69) is 30.9 Å². The molecule has 21 heavy (non-hydrogen) atoms. The normalized spacial score (nSPS) is 16.3. The Hall–Kier alpha value is -1.23. The zero-order chi connectivity index (χ0) is 15.6. The van der Waals surface area contributed by atoms with E-state index < -0.39 is 10.0 Å². The van der Waals surface area contributed by atoms with E-state index >= 15 is 0 Å². The molecule has 5 heteroatoms. The van der Waals surface area contributed by atoms with Crippen LogP contribution in [0.3, 0.4) is 0 Å². The van der Waals surface area contributed by atoms with Crippen LogP contribution in [0.1, 0.15) is 44.6 Å². The van der Waals surface area contributed by atoms with Crippen LogP contribution < -0.4 is 9.21 Å². The molecule has 0 amide bonds. The largest absolute Gasteiger partial charge is 0.371 e. The van der Waals surface area contributed by atoms with Crippen LogP contribution in [-0.2, 0) is 10.0 Å². The van der Waals surface area contributed by atoms with Crippen LogP contribution >= 0.6 is 0 Å². The molecule has 0 saturated carbocycles. The molecular formula is C16H26N2O2S. The molecule has 0 atom stereocenters. The highest BCUT2D eigenvalue weighted by molar-refractivity contribution is 7.92. The molecule has 1 aromatic rings. The number of piperidine rings is 1. The lowest BCUT2D eigenvalue weighted by molar-refractivity contribution is 0.577. The quantitative estimate of drug-likeness (QED) is 0.857. The van der Waals surface area contributed by atoms with Gasteiger partial charge in [0.25, 0.3) is 0 Å². The van der Waals surface area contributed by atoms with Crippen molar-refractivity contribution >= 4 is 21.4 Å². The number of benzene rings is 1. The van der Waals surface area contributed by atoms with Gasteiger partial charge < -0.3 is 4.90 Å². The zero-order valence-electron chi connectivity index (χ0n) is 13.5. The average molecular weight is 310 g/mol. The molecule has 1 aromatic carbocycles. The van der Waals surface area contributed by atoms with Crippen LogP contribution in [0.2, 0.25) is 0 Å². The van der Waals surface area contributed by atoms with Crippen LogP contribution in [-0.4, -0.2) is 34.8 Å². The lowest BCUT2D eigenvalue weighted by atomic mass is 10.00. The van der Waals surface area contributed by atoms with Crippen molar-refractivity contribution in [2.24, 2.45) is 0 Å². The highest BCUT2D eigenvalue weighted by Gasteiger charge is 2.20. The summed E-state index contributed by atoms with van der Waals surface area (Å²) in [7, 11) is -1.61. The van der Waals surface area contributed by atoms with Gasteiger partial charge in [0.05, 0.1) is 11.9 Å². The van der Waals surface area contributed by atoms with Gasteiger partial charge in [-0.1, -0.05) is 19.9 Å². The molecule has 1 aliphatic rings. The fourth-order valence-electron chi connectivity index (χ4n) is 2.82. The van der Waals surface area contributed by atoms with Crippen LogP contribution in [0.15, 0.2) is 18.2 Å². The minimum atomic E-state index is -3.24. The number of rotatable bonds is 4. The minimum absolute atomic E-state index is 0.291. The van der Waals surface area contributed by atoms with Gasteiger partial charge in [-0.3, -0.25) is 4.31 Å². The first-order chi connectivity index (χ1) is 9.80. The SMILES string of the molecule is CC(C)c1ccc(N2CCCCC2)cc1N(C)S(C)(=O)=O. The van der Waals surface area contributed by atoms with Gasteiger partial charge in [0.1, 0.15) is 0 Å². The smallest absolute Gasteiger partial charge is 0.232 e. The van der Waals surface area contributed by atoms with Gasteiger partial charge in [-0.15, -0.1) is 0 Å². The summed E-state index contributed by atoms with van der Waals surface area (Å²) >= 11 is 0. The predicted octanol–water partition coefficient (Wildman–Crippen LogP) is 3.20. The minimum Gasteiger partial charge on any atom is -0.371 e. The fraction of sp³-hybridized carbons (Fsp3) is 0.625. The van der Waals surface area contributed by atoms with E-state index in [0.29, 0.717) is 5.92 Å². The Bertz CT molecular complexity index is 590. The average Bonchev–Trinajstić information content (AvgIpc) is 2.45. The van der Waals surface area contributed by atoms with E-state index in [0.717, 1.165) is 30.0 Å². The highest BCUT2D eigenvalue weighted by Crippen LogP contribution is 2.33. The van der Waals surface area contributed by atoms with Gasteiger partial charge in [-0.2, -0.15) is 0 Å². The lowest BCUT2D eigenvalue weighted by Crippen LogP contribution is -2.30. The topological polar surface area (TPSA) is 40.6 Å². The van der Waals surface area contributed by atoms with Gasteiger partial charge in [0, 0.05) is 25.8 Å². The van der Waals surface area contributed by atoms with Gasteiger partial charge in [-0.25, -0.2) is 8.42 Å². The molecule has 1 aliphatic heterocycles. The Balaban J connectivity index is 2.43.